The van der Waals surface area contributed by atoms with Gasteiger partial charge in [-0.05, 0) is 36.1 Å². The summed E-state index contributed by atoms with van der Waals surface area (Å²) in [5.74, 6) is -0.551. The van der Waals surface area contributed by atoms with Gasteiger partial charge in [-0.25, -0.2) is 0 Å². The zero-order valence-electron chi connectivity index (χ0n) is 14.7. The van der Waals surface area contributed by atoms with Crippen molar-refractivity contribution in [1.29, 1.82) is 0 Å². The molecule has 0 saturated carbocycles. The molecule has 0 aromatic heterocycles. The number of aryl methyl sites for hydroxylation is 2. The molecule has 2 N–H and O–H groups in total. The Morgan fingerprint density at radius 1 is 0.760 bits per heavy atom. The summed E-state index contributed by atoms with van der Waals surface area (Å²) in [6.45, 7) is 3.72. The summed E-state index contributed by atoms with van der Waals surface area (Å²) in [6.07, 6.45) is 1.66. The molecule has 0 bridgehead atoms. The van der Waals surface area contributed by atoms with Crippen LogP contribution in [0.15, 0.2) is 48.5 Å². The second kappa shape index (κ2) is 9.59. The Kier molecular flexibility index (Phi) is 7.16. The van der Waals surface area contributed by atoms with E-state index in [2.05, 4.69) is 10.6 Å². The van der Waals surface area contributed by atoms with Gasteiger partial charge in [0.25, 0.3) is 0 Å². The van der Waals surface area contributed by atoms with Crippen LogP contribution in [-0.2, 0) is 27.2 Å². The number of para-hydroxylation sites is 2. The topological polar surface area (TPSA) is 67.4 Å². The normalized spacial score (nSPS) is 10.3. The molecule has 0 fully saturated rings. The summed E-state index contributed by atoms with van der Waals surface area (Å²) in [4.78, 5) is 23.9. The van der Waals surface area contributed by atoms with E-state index in [4.69, 9.17) is 4.74 Å². The van der Waals surface area contributed by atoms with E-state index in [-0.39, 0.29) is 25.0 Å². The lowest BCUT2D eigenvalue weighted by molar-refractivity contribution is -0.125. The monoisotopic (exact) mass is 340 g/mol. The number of rotatable bonds is 8. The van der Waals surface area contributed by atoms with E-state index in [1.165, 1.54) is 0 Å². The van der Waals surface area contributed by atoms with Crippen molar-refractivity contribution in [2.45, 2.75) is 26.7 Å². The molecule has 0 aliphatic carbocycles. The Bertz CT molecular complexity index is 667. The first-order valence-electron chi connectivity index (χ1n) is 8.47. The molecule has 0 heterocycles. The first-order valence-corrected chi connectivity index (χ1v) is 8.47. The maximum absolute atomic E-state index is 12.0. The van der Waals surface area contributed by atoms with Gasteiger partial charge in [-0.1, -0.05) is 50.2 Å². The van der Waals surface area contributed by atoms with Crippen LogP contribution >= 0.6 is 0 Å². The Hall–Kier alpha value is -2.66. The predicted octanol–water partition coefficient (Wildman–Crippen LogP) is 3.41. The average molecular weight is 340 g/mol. The smallest absolute Gasteiger partial charge is 0.250 e. The van der Waals surface area contributed by atoms with Gasteiger partial charge < -0.3 is 15.4 Å². The third-order valence-electron chi connectivity index (χ3n) is 3.81. The third kappa shape index (κ3) is 5.72. The predicted molar refractivity (Wildman–Crippen MR) is 99.7 cm³/mol. The molecule has 2 rings (SSSR count). The standard InChI is InChI=1S/C20H24N2O3/c1-3-15-9-5-7-11-17(15)21-19(23)13-25-14-20(24)22-18-12-8-6-10-16(18)4-2/h5-12H,3-4,13-14H2,1-2H3,(H,21,23)(H,22,24). The Labute approximate surface area is 148 Å². The zero-order chi connectivity index (χ0) is 18.1. The Morgan fingerprint density at radius 3 is 1.56 bits per heavy atom. The molecule has 0 radical (unpaired) electrons. The molecule has 5 heteroatoms. The molecule has 132 valence electrons. The van der Waals surface area contributed by atoms with Gasteiger partial charge in [0.1, 0.15) is 13.2 Å². The van der Waals surface area contributed by atoms with Gasteiger partial charge >= 0.3 is 0 Å². The highest BCUT2D eigenvalue weighted by atomic mass is 16.5. The molecule has 0 aliphatic rings. The minimum absolute atomic E-state index is 0.166. The fraction of sp³-hybridized carbons (Fsp3) is 0.300. The van der Waals surface area contributed by atoms with Crippen molar-refractivity contribution >= 4 is 23.2 Å². The molecule has 0 atom stereocenters. The average Bonchev–Trinajstić information content (AvgIpc) is 2.62. The fourth-order valence-corrected chi connectivity index (χ4v) is 2.51. The Balaban J connectivity index is 1.78. The summed E-state index contributed by atoms with van der Waals surface area (Å²) in [6, 6.07) is 15.2. The van der Waals surface area contributed by atoms with Crippen LogP contribution in [0, 0.1) is 0 Å². The van der Waals surface area contributed by atoms with Crippen LogP contribution in [-0.4, -0.2) is 25.0 Å². The highest BCUT2D eigenvalue weighted by Crippen LogP contribution is 2.16. The lowest BCUT2D eigenvalue weighted by Crippen LogP contribution is -2.24. The van der Waals surface area contributed by atoms with Crippen molar-refractivity contribution in [3.63, 3.8) is 0 Å². The van der Waals surface area contributed by atoms with Crippen LogP contribution in [0.1, 0.15) is 25.0 Å². The number of carbonyl (C=O) groups excluding carboxylic acids is 2. The molecular formula is C20H24N2O3. The van der Waals surface area contributed by atoms with Crippen LogP contribution in [0.2, 0.25) is 0 Å². The SMILES string of the molecule is CCc1ccccc1NC(=O)COCC(=O)Nc1ccccc1CC. The van der Waals surface area contributed by atoms with E-state index in [1.54, 1.807) is 0 Å². The summed E-state index contributed by atoms with van der Waals surface area (Å²) in [5.41, 5.74) is 3.68. The van der Waals surface area contributed by atoms with Crippen molar-refractivity contribution in [2.75, 3.05) is 23.8 Å². The molecular weight excluding hydrogens is 316 g/mol. The van der Waals surface area contributed by atoms with Crippen LogP contribution in [0.5, 0.6) is 0 Å². The second-order valence-electron chi connectivity index (χ2n) is 5.61. The summed E-state index contributed by atoms with van der Waals surface area (Å²) < 4.78 is 5.22. The first kappa shape index (κ1) is 18.7. The highest BCUT2D eigenvalue weighted by molar-refractivity contribution is 5.94. The first-order chi connectivity index (χ1) is 12.1. The minimum Gasteiger partial charge on any atom is -0.362 e. The van der Waals surface area contributed by atoms with Gasteiger partial charge in [-0.2, -0.15) is 0 Å². The maximum atomic E-state index is 12.0. The molecule has 2 aromatic carbocycles. The Morgan fingerprint density at radius 2 is 1.16 bits per heavy atom. The van der Waals surface area contributed by atoms with Crippen LogP contribution in [0.25, 0.3) is 0 Å². The van der Waals surface area contributed by atoms with Crippen molar-refractivity contribution < 1.29 is 14.3 Å². The van der Waals surface area contributed by atoms with Crippen molar-refractivity contribution in [1.82, 2.24) is 0 Å². The van der Waals surface area contributed by atoms with Gasteiger partial charge in [-0.15, -0.1) is 0 Å². The van der Waals surface area contributed by atoms with Crippen LogP contribution in [0.3, 0.4) is 0 Å². The number of hydrogen-bond donors (Lipinski definition) is 2. The number of anilines is 2. The van der Waals surface area contributed by atoms with Gasteiger partial charge in [-0.3, -0.25) is 9.59 Å². The molecule has 25 heavy (non-hydrogen) atoms. The zero-order valence-corrected chi connectivity index (χ0v) is 14.7. The molecule has 0 unspecified atom stereocenters. The molecule has 0 saturated heterocycles. The van der Waals surface area contributed by atoms with E-state index in [0.717, 1.165) is 35.3 Å². The van der Waals surface area contributed by atoms with E-state index >= 15 is 0 Å². The number of amides is 2. The largest absolute Gasteiger partial charge is 0.362 e. The second-order valence-corrected chi connectivity index (χ2v) is 5.61. The van der Waals surface area contributed by atoms with Crippen molar-refractivity contribution in [3.8, 4) is 0 Å². The molecule has 5 nitrogen and oxygen atoms in total. The molecule has 0 spiro atoms. The van der Waals surface area contributed by atoms with Gasteiger partial charge in [0.2, 0.25) is 11.8 Å². The summed E-state index contributed by atoms with van der Waals surface area (Å²) in [7, 11) is 0. The minimum atomic E-state index is -0.275. The van der Waals surface area contributed by atoms with Crippen LogP contribution in [0.4, 0.5) is 11.4 Å². The number of nitrogens with one attached hydrogen (secondary N) is 2. The maximum Gasteiger partial charge on any atom is 0.250 e. The number of benzene rings is 2. The van der Waals surface area contributed by atoms with E-state index < -0.39 is 0 Å². The van der Waals surface area contributed by atoms with Crippen LogP contribution < -0.4 is 10.6 Å². The van der Waals surface area contributed by atoms with Crippen molar-refractivity contribution in [2.24, 2.45) is 0 Å². The number of carbonyl (C=O) groups is 2. The molecule has 2 aromatic rings. The van der Waals surface area contributed by atoms with Gasteiger partial charge in [0.15, 0.2) is 0 Å². The highest BCUT2D eigenvalue weighted by Gasteiger charge is 2.09. The van der Waals surface area contributed by atoms with Gasteiger partial charge in [0.05, 0.1) is 0 Å². The third-order valence-corrected chi connectivity index (χ3v) is 3.81. The lowest BCUT2D eigenvalue weighted by atomic mass is 10.1. The van der Waals surface area contributed by atoms with E-state index in [9.17, 15) is 9.59 Å². The summed E-state index contributed by atoms with van der Waals surface area (Å²) >= 11 is 0. The molecule has 2 amide bonds. The van der Waals surface area contributed by atoms with Crippen molar-refractivity contribution in [3.05, 3.63) is 59.7 Å². The number of ether oxygens (including phenoxy) is 1. The van der Waals surface area contributed by atoms with E-state index in [1.807, 2.05) is 62.4 Å². The lowest BCUT2D eigenvalue weighted by Gasteiger charge is -2.11. The van der Waals surface area contributed by atoms with Gasteiger partial charge in [0, 0.05) is 11.4 Å². The fourth-order valence-electron chi connectivity index (χ4n) is 2.51. The molecule has 0 aliphatic heterocycles. The van der Waals surface area contributed by atoms with E-state index in [0.29, 0.717) is 0 Å². The number of hydrogen-bond acceptors (Lipinski definition) is 3. The quantitative estimate of drug-likeness (QED) is 0.774. The summed E-state index contributed by atoms with van der Waals surface area (Å²) in [5, 5.41) is 5.61.